The fourth-order valence-electron chi connectivity index (χ4n) is 1.49. The molecular weight excluding hydrogens is 283 g/mol. The fraction of sp³-hybridized carbons (Fsp3) is 0.154. The zero-order chi connectivity index (χ0) is 14.5. The predicted octanol–water partition coefficient (Wildman–Crippen LogP) is 2.60. The summed E-state index contributed by atoms with van der Waals surface area (Å²) in [5.41, 5.74) is 1.73. The van der Waals surface area contributed by atoms with E-state index in [2.05, 4.69) is 10.3 Å². The number of thiazole rings is 1. The van der Waals surface area contributed by atoms with Crippen LogP contribution in [0.25, 0.3) is 0 Å². The third-order valence-corrected chi connectivity index (χ3v) is 3.09. The maximum absolute atomic E-state index is 13.6. The van der Waals surface area contributed by atoms with E-state index in [1.807, 2.05) is 0 Å². The summed E-state index contributed by atoms with van der Waals surface area (Å²) in [7, 11) is 0. The van der Waals surface area contributed by atoms with Crippen LogP contribution in [0.3, 0.4) is 0 Å². The van der Waals surface area contributed by atoms with Crippen LogP contribution in [-0.2, 0) is 16.1 Å². The predicted molar refractivity (Wildman–Crippen MR) is 71.9 cm³/mol. The molecule has 0 atom stereocenters. The van der Waals surface area contributed by atoms with Gasteiger partial charge in [0, 0.05) is 18.8 Å². The van der Waals surface area contributed by atoms with Crippen LogP contribution >= 0.6 is 11.3 Å². The molecule has 0 aliphatic rings. The van der Waals surface area contributed by atoms with Gasteiger partial charge in [0.05, 0.1) is 16.0 Å². The van der Waals surface area contributed by atoms with E-state index >= 15 is 0 Å². The quantitative estimate of drug-likeness (QED) is 0.880. The van der Waals surface area contributed by atoms with Crippen LogP contribution in [0.5, 0.6) is 0 Å². The first-order valence-corrected chi connectivity index (χ1v) is 6.56. The summed E-state index contributed by atoms with van der Waals surface area (Å²) in [5, 5.41) is 2.48. The van der Waals surface area contributed by atoms with E-state index in [0.717, 1.165) is 10.9 Å². The van der Waals surface area contributed by atoms with Crippen LogP contribution in [0.1, 0.15) is 22.2 Å². The molecule has 0 bridgehead atoms. The molecule has 0 aliphatic heterocycles. The highest BCUT2D eigenvalue weighted by Gasteiger charge is 2.15. The van der Waals surface area contributed by atoms with Gasteiger partial charge in [-0.1, -0.05) is 0 Å². The standard InChI is InChI=1S/C13H11FN2O3S/c1-8(17)16-9-2-3-12(14)11(4-9)13(18)19-6-10-5-15-7-20-10/h2-5,7H,6H2,1H3,(H,16,17). The monoisotopic (exact) mass is 294 g/mol. The van der Waals surface area contributed by atoms with Crippen molar-refractivity contribution in [3.05, 3.63) is 46.2 Å². The molecule has 0 unspecified atom stereocenters. The molecule has 1 aromatic heterocycles. The Morgan fingerprint density at radius 2 is 2.25 bits per heavy atom. The number of hydrogen-bond acceptors (Lipinski definition) is 5. The first-order valence-electron chi connectivity index (χ1n) is 5.68. The summed E-state index contributed by atoms with van der Waals surface area (Å²) >= 11 is 1.34. The van der Waals surface area contributed by atoms with E-state index in [1.54, 1.807) is 11.7 Å². The lowest BCUT2D eigenvalue weighted by Crippen LogP contribution is -2.10. The molecule has 0 saturated carbocycles. The second-order valence-electron chi connectivity index (χ2n) is 3.92. The lowest BCUT2D eigenvalue weighted by molar-refractivity contribution is -0.114. The maximum atomic E-state index is 13.6. The van der Waals surface area contributed by atoms with Gasteiger partial charge in [0.25, 0.3) is 0 Å². The Labute approximate surface area is 118 Å². The highest BCUT2D eigenvalue weighted by molar-refractivity contribution is 7.09. The van der Waals surface area contributed by atoms with Gasteiger partial charge in [-0.05, 0) is 18.2 Å². The molecule has 104 valence electrons. The van der Waals surface area contributed by atoms with Crippen molar-refractivity contribution in [3.8, 4) is 0 Å². The van der Waals surface area contributed by atoms with Gasteiger partial charge in [-0.2, -0.15) is 0 Å². The van der Waals surface area contributed by atoms with Crippen LogP contribution in [0.4, 0.5) is 10.1 Å². The molecule has 1 amide bonds. The Morgan fingerprint density at radius 3 is 2.90 bits per heavy atom. The summed E-state index contributed by atoms with van der Waals surface area (Å²) in [6, 6.07) is 3.72. The highest BCUT2D eigenvalue weighted by atomic mass is 32.1. The minimum absolute atomic E-state index is 0.0350. The number of halogens is 1. The number of anilines is 1. The zero-order valence-electron chi connectivity index (χ0n) is 10.6. The number of carbonyl (C=O) groups excluding carboxylic acids is 2. The van der Waals surface area contributed by atoms with Gasteiger partial charge in [-0.25, -0.2) is 9.18 Å². The van der Waals surface area contributed by atoms with Gasteiger partial charge in [0.2, 0.25) is 5.91 Å². The number of ether oxygens (including phenoxy) is 1. The number of benzene rings is 1. The molecule has 0 fully saturated rings. The van der Waals surface area contributed by atoms with Gasteiger partial charge < -0.3 is 10.1 Å². The maximum Gasteiger partial charge on any atom is 0.341 e. The summed E-state index contributed by atoms with van der Waals surface area (Å²) in [4.78, 5) is 27.3. The molecule has 20 heavy (non-hydrogen) atoms. The van der Waals surface area contributed by atoms with Crippen molar-refractivity contribution in [2.45, 2.75) is 13.5 Å². The topological polar surface area (TPSA) is 68.3 Å². The van der Waals surface area contributed by atoms with Gasteiger partial charge in [0.15, 0.2) is 0 Å². The number of nitrogens with one attached hydrogen (secondary N) is 1. The molecule has 1 aromatic carbocycles. The van der Waals surface area contributed by atoms with Crippen molar-refractivity contribution in [3.63, 3.8) is 0 Å². The molecule has 0 radical (unpaired) electrons. The average molecular weight is 294 g/mol. The second kappa shape index (κ2) is 6.25. The molecule has 0 saturated heterocycles. The largest absolute Gasteiger partial charge is 0.456 e. The van der Waals surface area contributed by atoms with Gasteiger partial charge in [0.1, 0.15) is 12.4 Å². The van der Waals surface area contributed by atoms with Crippen LogP contribution < -0.4 is 5.32 Å². The molecule has 1 N–H and O–H groups in total. The van der Waals surface area contributed by atoms with E-state index in [4.69, 9.17) is 4.74 Å². The normalized spacial score (nSPS) is 10.1. The molecule has 2 rings (SSSR count). The Hall–Kier alpha value is -2.28. The van der Waals surface area contributed by atoms with Gasteiger partial charge >= 0.3 is 5.97 Å². The number of nitrogens with zero attached hydrogens (tertiary/aromatic N) is 1. The summed E-state index contributed by atoms with van der Waals surface area (Å²) in [6.45, 7) is 1.36. The highest BCUT2D eigenvalue weighted by Crippen LogP contribution is 2.17. The van der Waals surface area contributed by atoms with E-state index < -0.39 is 11.8 Å². The van der Waals surface area contributed by atoms with Crippen molar-refractivity contribution in [2.75, 3.05) is 5.32 Å². The summed E-state index contributed by atoms with van der Waals surface area (Å²) < 4.78 is 18.6. The SMILES string of the molecule is CC(=O)Nc1ccc(F)c(C(=O)OCc2cncs2)c1. The average Bonchev–Trinajstić information content (AvgIpc) is 2.91. The van der Waals surface area contributed by atoms with Crippen LogP contribution in [0.2, 0.25) is 0 Å². The zero-order valence-corrected chi connectivity index (χ0v) is 11.4. The number of amides is 1. The number of rotatable bonds is 4. The number of aromatic nitrogens is 1. The van der Waals surface area contributed by atoms with Gasteiger partial charge in [-0.3, -0.25) is 9.78 Å². The van der Waals surface area contributed by atoms with E-state index in [1.165, 1.54) is 30.4 Å². The lowest BCUT2D eigenvalue weighted by atomic mass is 10.2. The minimum atomic E-state index is -0.789. The lowest BCUT2D eigenvalue weighted by Gasteiger charge is -2.07. The van der Waals surface area contributed by atoms with Crippen LogP contribution in [0.15, 0.2) is 29.9 Å². The summed E-state index contributed by atoms with van der Waals surface area (Å²) in [5.74, 6) is -1.79. The van der Waals surface area contributed by atoms with Crippen molar-refractivity contribution in [1.82, 2.24) is 4.98 Å². The molecule has 1 heterocycles. The Morgan fingerprint density at radius 1 is 1.45 bits per heavy atom. The first-order chi connectivity index (χ1) is 9.56. The summed E-state index contributed by atoms with van der Waals surface area (Å²) in [6.07, 6.45) is 1.57. The fourth-order valence-corrected chi connectivity index (χ4v) is 2.00. The molecule has 7 heteroatoms. The second-order valence-corrected chi connectivity index (χ2v) is 4.89. The third kappa shape index (κ3) is 3.61. The molecule has 5 nitrogen and oxygen atoms in total. The third-order valence-electron chi connectivity index (χ3n) is 2.34. The van der Waals surface area contributed by atoms with Crippen molar-refractivity contribution in [1.29, 1.82) is 0 Å². The van der Waals surface area contributed by atoms with E-state index in [0.29, 0.717) is 5.69 Å². The van der Waals surface area contributed by atoms with Crippen LogP contribution in [-0.4, -0.2) is 16.9 Å². The number of esters is 1. The molecular formula is C13H11FN2O3S. The van der Waals surface area contributed by atoms with Gasteiger partial charge in [-0.15, -0.1) is 11.3 Å². The Balaban J connectivity index is 2.09. The minimum Gasteiger partial charge on any atom is -0.456 e. The van der Waals surface area contributed by atoms with E-state index in [-0.39, 0.29) is 18.1 Å². The van der Waals surface area contributed by atoms with Crippen molar-refractivity contribution < 1.29 is 18.7 Å². The molecule has 0 spiro atoms. The number of carbonyl (C=O) groups is 2. The Kier molecular flexibility index (Phi) is 4.41. The smallest absolute Gasteiger partial charge is 0.341 e. The van der Waals surface area contributed by atoms with Crippen molar-refractivity contribution in [2.24, 2.45) is 0 Å². The Bertz CT molecular complexity index is 629. The molecule has 2 aromatic rings. The number of hydrogen-bond donors (Lipinski definition) is 1. The molecule has 0 aliphatic carbocycles. The first kappa shape index (κ1) is 14.1. The van der Waals surface area contributed by atoms with Crippen molar-refractivity contribution >= 4 is 28.9 Å². The van der Waals surface area contributed by atoms with E-state index in [9.17, 15) is 14.0 Å². The van der Waals surface area contributed by atoms with Crippen LogP contribution in [0, 0.1) is 5.82 Å².